The van der Waals surface area contributed by atoms with Gasteiger partial charge in [-0.25, -0.2) is 4.39 Å². The van der Waals surface area contributed by atoms with Crippen molar-refractivity contribution >= 4 is 23.6 Å². The molecule has 1 unspecified atom stereocenters. The molecule has 44 heavy (non-hydrogen) atoms. The summed E-state index contributed by atoms with van der Waals surface area (Å²) >= 11 is 0. The van der Waals surface area contributed by atoms with Crippen molar-refractivity contribution in [1.29, 1.82) is 0 Å². The second kappa shape index (κ2) is 15.1. The molecule has 0 saturated carbocycles. The topological polar surface area (TPSA) is 126 Å². The molecule has 2 atom stereocenters. The van der Waals surface area contributed by atoms with Gasteiger partial charge in [-0.15, -0.1) is 0 Å². The number of para-hydroxylation sites is 1. The Morgan fingerprint density at radius 2 is 1.66 bits per heavy atom. The van der Waals surface area contributed by atoms with Gasteiger partial charge in [-0.1, -0.05) is 68.4 Å². The van der Waals surface area contributed by atoms with E-state index in [-0.39, 0.29) is 43.3 Å². The Morgan fingerprint density at radius 3 is 2.41 bits per heavy atom. The summed E-state index contributed by atoms with van der Waals surface area (Å²) in [7, 11) is 0. The van der Waals surface area contributed by atoms with E-state index in [1.54, 1.807) is 36.4 Å². The molecule has 0 radical (unpaired) electrons. The number of nitrogens with one attached hydrogen (secondary N) is 4. The lowest BCUT2D eigenvalue weighted by Gasteiger charge is -2.27. The van der Waals surface area contributed by atoms with Gasteiger partial charge in [0.1, 0.15) is 23.7 Å². The van der Waals surface area contributed by atoms with Crippen molar-refractivity contribution in [3.63, 3.8) is 0 Å². The number of halogens is 1. The fourth-order valence-corrected chi connectivity index (χ4v) is 4.91. The third kappa shape index (κ3) is 9.13. The molecule has 0 aromatic heterocycles. The highest BCUT2D eigenvalue weighted by Crippen LogP contribution is 2.23. The van der Waals surface area contributed by atoms with Gasteiger partial charge < -0.3 is 26.0 Å². The van der Waals surface area contributed by atoms with Gasteiger partial charge in [0.25, 0.3) is 5.91 Å². The van der Waals surface area contributed by atoms with Crippen molar-refractivity contribution in [2.24, 2.45) is 0 Å². The maximum absolute atomic E-state index is 13.5. The molecule has 1 aliphatic heterocycles. The Bertz CT molecular complexity index is 1450. The summed E-state index contributed by atoms with van der Waals surface area (Å²) in [5.74, 6) is -1.73. The van der Waals surface area contributed by atoms with Gasteiger partial charge in [0, 0.05) is 31.3 Å². The van der Waals surface area contributed by atoms with Crippen molar-refractivity contribution in [2.45, 2.75) is 57.0 Å². The average molecular weight is 603 g/mol. The zero-order valence-electron chi connectivity index (χ0n) is 25.0. The number of amides is 4. The summed E-state index contributed by atoms with van der Waals surface area (Å²) in [6, 6.07) is 20.3. The van der Waals surface area contributed by atoms with Crippen LogP contribution in [0.25, 0.3) is 0 Å². The van der Waals surface area contributed by atoms with Crippen LogP contribution < -0.4 is 26.0 Å². The lowest BCUT2D eigenvalue weighted by atomic mass is 9.84. The predicted octanol–water partition coefficient (Wildman–Crippen LogP) is 3.42. The molecule has 4 amide bonds. The number of hydrogen-bond acceptors (Lipinski definition) is 5. The number of carbonyl (C=O) groups is 4. The van der Waals surface area contributed by atoms with Gasteiger partial charge in [0.15, 0.2) is 0 Å². The molecule has 0 spiro atoms. The number of benzene rings is 3. The summed E-state index contributed by atoms with van der Waals surface area (Å²) in [6.45, 7) is 4.59. The van der Waals surface area contributed by atoms with Crippen molar-refractivity contribution in [3.05, 3.63) is 101 Å². The molecule has 0 bridgehead atoms. The molecule has 4 rings (SSSR count). The van der Waals surface area contributed by atoms with E-state index in [1.165, 1.54) is 12.1 Å². The Hall–Kier alpha value is -4.73. The van der Waals surface area contributed by atoms with Crippen LogP contribution in [0, 0.1) is 5.82 Å². The summed E-state index contributed by atoms with van der Waals surface area (Å²) in [4.78, 5) is 53.1. The van der Waals surface area contributed by atoms with E-state index in [4.69, 9.17) is 4.74 Å². The molecule has 232 valence electrons. The van der Waals surface area contributed by atoms with Gasteiger partial charge in [-0.3, -0.25) is 19.2 Å². The smallest absolute Gasteiger partial charge is 0.255 e. The Labute approximate surface area is 257 Å². The van der Waals surface area contributed by atoms with E-state index in [2.05, 4.69) is 21.3 Å². The van der Waals surface area contributed by atoms with Crippen LogP contribution in [-0.4, -0.2) is 55.4 Å². The minimum Gasteiger partial charge on any atom is -0.493 e. The van der Waals surface area contributed by atoms with E-state index >= 15 is 0 Å². The van der Waals surface area contributed by atoms with E-state index in [0.717, 1.165) is 11.1 Å². The molecule has 9 nitrogen and oxygen atoms in total. The van der Waals surface area contributed by atoms with Crippen LogP contribution in [-0.2, 0) is 26.2 Å². The van der Waals surface area contributed by atoms with Crippen LogP contribution in [0.3, 0.4) is 0 Å². The Kier molecular flexibility index (Phi) is 11.1. The zero-order chi connectivity index (χ0) is 31.5. The van der Waals surface area contributed by atoms with E-state index in [0.29, 0.717) is 25.1 Å². The standard InChI is InChI=1S/C34H39FN4O5/c1-34(2,24-13-15-25(35)16-14-24)22-37-32(42)27-17-18-30(40)38-28(21-23-9-4-3-5-10-23)33(43)36-19-8-20-44-29-12-7-6-11-26(29)31(41)39-27/h3-7,9-16,27-28H,8,17-22H2,1-2H3,(H,36,43)(H,37,42)(H,38,40)(H,39,41)/t27-,28?/m0/s1. The molecule has 10 heteroatoms. The second-order valence-electron chi connectivity index (χ2n) is 11.5. The first-order valence-corrected chi connectivity index (χ1v) is 14.8. The molecule has 3 aromatic rings. The third-order valence-corrected chi connectivity index (χ3v) is 7.56. The highest BCUT2D eigenvalue weighted by Gasteiger charge is 2.28. The summed E-state index contributed by atoms with van der Waals surface area (Å²) in [5.41, 5.74) is 1.42. The first kappa shape index (κ1) is 32.2. The zero-order valence-corrected chi connectivity index (χ0v) is 25.0. The minimum atomic E-state index is -1.06. The van der Waals surface area contributed by atoms with Gasteiger partial charge in [0.2, 0.25) is 17.7 Å². The van der Waals surface area contributed by atoms with Gasteiger partial charge in [-0.05, 0) is 48.2 Å². The molecule has 1 heterocycles. The maximum atomic E-state index is 13.5. The van der Waals surface area contributed by atoms with Crippen molar-refractivity contribution < 1.29 is 28.3 Å². The molecule has 0 fully saturated rings. The highest BCUT2D eigenvalue weighted by atomic mass is 19.1. The molecule has 1 aliphatic rings. The molecule has 0 saturated heterocycles. The molecule has 3 aromatic carbocycles. The normalized spacial score (nSPS) is 18.6. The largest absolute Gasteiger partial charge is 0.493 e. The molecule has 0 aliphatic carbocycles. The van der Waals surface area contributed by atoms with Crippen LogP contribution in [0.15, 0.2) is 78.9 Å². The lowest BCUT2D eigenvalue weighted by molar-refractivity contribution is -0.129. The van der Waals surface area contributed by atoms with Crippen molar-refractivity contribution in [1.82, 2.24) is 21.3 Å². The monoisotopic (exact) mass is 602 g/mol. The molecule has 4 N–H and O–H groups in total. The van der Waals surface area contributed by atoms with Crippen LogP contribution in [0.2, 0.25) is 0 Å². The van der Waals surface area contributed by atoms with Crippen LogP contribution in [0.5, 0.6) is 5.75 Å². The summed E-state index contributed by atoms with van der Waals surface area (Å²) in [5, 5.41) is 11.3. The maximum Gasteiger partial charge on any atom is 0.255 e. The van der Waals surface area contributed by atoms with Crippen LogP contribution in [0.4, 0.5) is 4.39 Å². The van der Waals surface area contributed by atoms with Gasteiger partial charge >= 0.3 is 0 Å². The first-order valence-electron chi connectivity index (χ1n) is 14.8. The summed E-state index contributed by atoms with van der Waals surface area (Å²) < 4.78 is 19.3. The third-order valence-electron chi connectivity index (χ3n) is 7.56. The van der Waals surface area contributed by atoms with Crippen LogP contribution in [0.1, 0.15) is 54.6 Å². The average Bonchev–Trinajstić information content (AvgIpc) is 3.01. The molecular formula is C34H39FN4O5. The second-order valence-corrected chi connectivity index (χ2v) is 11.5. The quantitative estimate of drug-likeness (QED) is 0.344. The van der Waals surface area contributed by atoms with E-state index in [1.807, 2.05) is 44.2 Å². The number of fused-ring (bicyclic) bond motifs is 1. The van der Waals surface area contributed by atoms with Crippen molar-refractivity contribution in [2.75, 3.05) is 19.7 Å². The van der Waals surface area contributed by atoms with E-state index < -0.39 is 35.2 Å². The number of carbonyl (C=O) groups excluding carboxylic acids is 4. The SMILES string of the molecule is CC(C)(CNC(=O)[C@@H]1CCC(=O)NC(Cc2ccccc2)C(=O)NCCCOc2ccccc2C(=O)N1)c1ccc(F)cc1. The number of rotatable bonds is 6. The Balaban J connectivity index is 1.53. The van der Waals surface area contributed by atoms with Gasteiger partial charge in [0.05, 0.1) is 12.2 Å². The van der Waals surface area contributed by atoms with Gasteiger partial charge in [-0.2, -0.15) is 0 Å². The van der Waals surface area contributed by atoms with Crippen molar-refractivity contribution in [3.8, 4) is 5.75 Å². The summed E-state index contributed by atoms with van der Waals surface area (Å²) in [6.07, 6.45) is 0.642. The number of ether oxygens (including phenoxy) is 1. The lowest BCUT2D eigenvalue weighted by Crippen LogP contribution is -2.51. The fourth-order valence-electron chi connectivity index (χ4n) is 4.91. The van der Waals surface area contributed by atoms with E-state index in [9.17, 15) is 23.6 Å². The highest BCUT2D eigenvalue weighted by molar-refractivity contribution is 5.99. The van der Waals surface area contributed by atoms with Crippen LogP contribution >= 0.6 is 0 Å². The minimum absolute atomic E-state index is 0.0108. The Morgan fingerprint density at radius 1 is 0.955 bits per heavy atom. The molecular weight excluding hydrogens is 563 g/mol. The number of hydrogen-bond donors (Lipinski definition) is 4. The first-order chi connectivity index (χ1) is 21.1. The fraction of sp³-hybridized carbons (Fsp3) is 0.353. The predicted molar refractivity (Wildman–Crippen MR) is 165 cm³/mol.